The monoisotopic (exact) mass is 331 g/mol. The van der Waals surface area contributed by atoms with Gasteiger partial charge in [0.2, 0.25) is 0 Å². The second-order valence-electron chi connectivity index (χ2n) is 5.89. The van der Waals surface area contributed by atoms with Crippen molar-refractivity contribution in [2.45, 2.75) is 33.2 Å². The minimum Gasteiger partial charge on any atom is -0.497 e. The topological polar surface area (TPSA) is 87.2 Å². The van der Waals surface area contributed by atoms with Gasteiger partial charge in [-0.1, -0.05) is 13.8 Å². The van der Waals surface area contributed by atoms with E-state index in [-0.39, 0.29) is 0 Å². The molecule has 0 aliphatic carbocycles. The number of carboxylic acids is 1. The van der Waals surface area contributed by atoms with Gasteiger partial charge in [-0.3, -0.25) is 9.89 Å². The van der Waals surface area contributed by atoms with Crippen LogP contribution < -0.4 is 10.1 Å². The second kappa shape index (κ2) is 7.97. The Bertz CT molecular complexity index is 660. The van der Waals surface area contributed by atoms with Crippen LogP contribution in [0.2, 0.25) is 0 Å². The van der Waals surface area contributed by atoms with Crippen molar-refractivity contribution >= 4 is 5.97 Å². The number of aromatic nitrogens is 2. The number of nitrogens with zero attached hydrogens (tertiary/aromatic N) is 1. The van der Waals surface area contributed by atoms with Crippen molar-refractivity contribution in [2.75, 3.05) is 13.7 Å². The van der Waals surface area contributed by atoms with Crippen molar-refractivity contribution in [1.82, 2.24) is 15.5 Å². The summed E-state index contributed by atoms with van der Waals surface area (Å²) in [5.41, 5.74) is 2.23. The molecule has 0 unspecified atom stereocenters. The zero-order chi connectivity index (χ0) is 17.6. The van der Waals surface area contributed by atoms with Crippen molar-refractivity contribution in [3.8, 4) is 17.0 Å². The van der Waals surface area contributed by atoms with E-state index in [1.165, 1.54) is 0 Å². The van der Waals surface area contributed by atoms with Crippen LogP contribution in [0.1, 0.15) is 32.3 Å². The Hall–Kier alpha value is -2.34. The van der Waals surface area contributed by atoms with Crippen LogP contribution in [0.5, 0.6) is 5.75 Å². The fourth-order valence-corrected chi connectivity index (χ4v) is 2.77. The van der Waals surface area contributed by atoms with Crippen LogP contribution in [0.3, 0.4) is 0 Å². The van der Waals surface area contributed by atoms with Crippen molar-refractivity contribution in [3.63, 3.8) is 0 Å². The van der Waals surface area contributed by atoms with Crippen LogP contribution in [-0.4, -0.2) is 34.9 Å². The lowest BCUT2D eigenvalue weighted by Crippen LogP contribution is -2.40. The second-order valence-corrected chi connectivity index (χ2v) is 5.89. The quantitative estimate of drug-likeness (QED) is 0.657. The maximum absolute atomic E-state index is 11.6. The molecular weight excluding hydrogens is 306 g/mol. The van der Waals surface area contributed by atoms with Crippen molar-refractivity contribution < 1.29 is 14.6 Å². The number of nitrogens with one attached hydrogen (secondary N) is 2. The third kappa shape index (κ3) is 3.76. The number of methoxy groups -OCH3 is 1. The fourth-order valence-electron chi connectivity index (χ4n) is 2.77. The minimum absolute atomic E-state index is 0.433. The van der Waals surface area contributed by atoms with Crippen LogP contribution in [-0.2, 0) is 11.3 Å². The summed E-state index contributed by atoms with van der Waals surface area (Å²) < 4.78 is 5.17. The molecule has 2 rings (SSSR count). The maximum Gasteiger partial charge on any atom is 0.310 e. The molecule has 24 heavy (non-hydrogen) atoms. The van der Waals surface area contributed by atoms with Crippen molar-refractivity contribution in [2.24, 2.45) is 5.41 Å². The molecule has 0 radical (unpaired) electrons. The highest BCUT2D eigenvalue weighted by molar-refractivity contribution is 5.74. The van der Waals surface area contributed by atoms with Gasteiger partial charge in [-0.2, -0.15) is 5.10 Å². The van der Waals surface area contributed by atoms with Gasteiger partial charge in [0.15, 0.2) is 0 Å². The molecule has 6 heteroatoms. The number of aliphatic carboxylic acids is 1. The Morgan fingerprint density at radius 1 is 1.29 bits per heavy atom. The largest absolute Gasteiger partial charge is 0.497 e. The molecule has 2 aromatic rings. The van der Waals surface area contributed by atoms with Gasteiger partial charge in [-0.05, 0) is 37.1 Å². The first-order valence-electron chi connectivity index (χ1n) is 8.17. The number of H-pyrrole nitrogens is 1. The number of hydrogen-bond donors (Lipinski definition) is 3. The van der Waals surface area contributed by atoms with Gasteiger partial charge in [0, 0.05) is 24.2 Å². The van der Waals surface area contributed by atoms with Gasteiger partial charge in [-0.15, -0.1) is 0 Å². The molecule has 0 aliphatic heterocycles. The summed E-state index contributed by atoms with van der Waals surface area (Å²) >= 11 is 0. The summed E-state index contributed by atoms with van der Waals surface area (Å²) in [7, 11) is 1.64. The van der Waals surface area contributed by atoms with Gasteiger partial charge >= 0.3 is 5.97 Å². The lowest BCUT2D eigenvalue weighted by molar-refractivity contribution is -0.149. The van der Waals surface area contributed by atoms with E-state index in [9.17, 15) is 9.90 Å². The number of carboxylic acid groups (broad SMARTS) is 1. The summed E-state index contributed by atoms with van der Waals surface area (Å²) in [5, 5.41) is 19.9. The molecule has 130 valence electrons. The molecule has 1 aromatic heterocycles. The predicted octanol–water partition coefficient (Wildman–Crippen LogP) is 3.07. The number of hydrogen-bond acceptors (Lipinski definition) is 4. The first-order chi connectivity index (χ1) is 11.6. The molecule has 0 spiro atoms. The van der Waals surface area contributed by atoms with E-state index in [4.69, 9.17) is 4.74 Å². The summed E-state index contributed by atoms with van der Waals surface area (Å²) in [6.07, 6.45) is 2.97. The van der Waals surface area contributed by atoms with Crippen LogP contribution in [0.15, 0.2) is 30.5 Å². The molecule has 0 bridgehead atoms. The molecule has 0 aliphatic rings. The lowest BCUT2D eigenvalue weighted by atomic mass is 9.82. The van der Waals surface area contributed by atoms with Crippen LogP contribution in [0, 0.1) is 5.41 Å². The molecule has 6 nitrogen and oxygen atoms in total. The van der Waals surface area contributed by atoms with Crippen LogP contribution in [0.25, 0.3) is 11.3 Å². The number of aromatic amines is 1. The highest BCUT2D eigenvalue weighted by Crippen LogP contribution is 2.27. The highest BCUT2D eigenvalue weighted by Gasteiger charge is 2.34. The van der Waals surface area contributed by atoms with Gasteiger partial charge in [-0.25, -0.2) is 0 Å². The van der Waals surface area contributed by atoms with E-state index < -0.39 is 11.4 Å². The molecule has 0 saturated carbocycles. The summed E-state index contributed by atoms with van der Waals surface area (Å²) in [6.45, 7) is 4.83. The third-order valence-corrected chi connectivity index (χ3v) is 4.68. The highest BCUT2D eigenvalue weighted by atomic mass is 16.5. The number of ether oxygens (including phenoxy) is 1. The SMILES string of the molecule is CCC(CC)(CNCc1cn[nH]c1-c1ccc(OC)cc1)C(=O)O. The lowest BCUT2D eigenvalue weighted by Gasteiger charge is -2.27. The van der Waals surface area contributed by atoms with E-state index in [0.717, 1.165) is 22.6 Å². The predicted molar refractivity (Wildman–Crippen MR) is 92.9 cm³/mol. The van der Waals surface area contributed by atoms with Gasteiger partial charge in [0.25, 0.3) is 0 Å². The minimum atomic E-state index is -0.748. The third-order valence-electron chi connectivity index (χ3n) is 4.68. The number of rotatable bonds is 9. The van der Waals surface area contributed by atoms with Gasteiger partial charge in [0.05, 0.1) is 24.4 Å². The molecule has 0 amide bonds. The standard InChI is InChI=1S/C18H25N3O3/c1-4-18(5-2,17(22)23)12-19-10-14-11-20-21-16(14)13-6-8-15(24-3)9-7-13/h6-9,11,19H,4-5,10,12H2,1-3H3,(H,20,21)(H,22,23). The molecule has 1 heterocycles. The van der Waals surface area contributed by atoms with E-state index in [0.29, 0.717) is 25.9 Å². The summed E-state index contributed by atoms with van der Waals surface area (Å²) in [5.74, 6) is 0.0534. The fraction of sp³-hybridized carbons (Fsp3) is 0.444. The molecule has 0 saturated heterocycles. The van der Waals surface area contributed by atoms with E-state index in [1.54, 1.807) is 13.3 Å². The van der Waals surface area contributed by atoms with E-state index in [2.05, 4.69) is 15.5 Å². The Morgan fingerprint density at radius 2 is 1.96 bits per heavy atom. The molecule has 0 atom stereocenters. The zero-order valence-corrected chi connectivity index (χ0v) is 14.4. The zero-order valence-electron chi connectivity index (χ0n) is 14.4. The first kappa shape index (κ1) is 18.0. The van der Waals surface area contributed by atoms with E-state index >= 15 is 0 Å². The molecular formula is C18H25N3O3. The van der Waals surface area contributed by atoms with Crippen LogP contribution >= 0.6 is 0 Å². The number of benzene rings is 1. The van der Waals surface area contributed by atoms with Gasteiger partial charge < -0.3 is 15.2 Å². The van der Waals surface area contributed by atoms with Crippen molar-refractivity contribution in [3.05, 3.63) is 36.0 Å². The van der Waals surface area contributed by atoms with Gasteiger partial charge in [0.1, 0.15) is 5.75 Å². The summed E-state index contributed by atoms with van der Waals surface area (Å²) in [6, 6.07) is 7.74. The van der Waals surface area contributed by atoms with E-state index in [1.807, 2.05) is 38.1 Å². The molecule has 1 aromatic carbocycles. The van der Waals surface area contributed by atoms with Crippen LogP contribution in [0.4, 0.5) is 0 Å². The normalized spacial score (nSPS) is 11.5. The Kier molecular flexibility index (Phi) is 5.98. The maximum atomic E-state index is 11.6. The Balaban J connectivity index is 2.06. The molecule has 0 fully saturated rings. The molecule has 3 N–H and O–H groups in total. The van der Waals surface area contributed by atoms with Crippen molar-refractivity contribution in [1.29, 1.82) is 0 Å². The smallest absolute Gasteiger partial charge is 0.310 e. The first-order valence-corrected chi connectivity index (χ1v) is 8.17. The Labute approximate surface area is 142 Å². The number of carbonyl (C=O) groups is 1. The average molecular weight is 331 g/mol. The average Bonchev–Trinajstić information content (AvgIpc) is 3.07. The summed E-state index contributed by atoms with van der Waals surface area (Å²) in [4.78, 5) is 11.6. The Morgan fingerprint density at radius 3 is 2.50 bits per heavy atom.